The number of amides is 2. The van der Waals surface area contributed by atoms with Crippen molar-refractivity contribution < 1.29 is 19.1 Å². The van der Waals surface area contributed by atoms with Gasteiger partial charge in [0.1, 0.15) is 11.9 Å². The minimum Gasteiger partial charge on any atom is -0.480 e. The lowest BCUT2D eigenvalue weighted by Gasteiger charge is -2.20. The molecule has 0 saturated heterocycles. The van der Waals surface area contributed by atoms with E-state index < -0.39 is 23.9 Å². The molecule has 0 heterocycles. The Labute approximate surface area is 116 Å². The Morgan fingerprint density at radius 3 is 2.70 bits per heavy atom. The number of nitrogens with one attached hydrogen (secondary N) is 1. The number of carbonyl (C=O) groups is 2. The van der Waals surface area contributed by atoms with Crippen molar-refractivity contribution in [2.24, 2.45) is 0 Å². The van der Waals surface area contributed by atoms with Crippen molar-refractivity contribution in [2.75, 3.05) is 7.05 Å². The molecule has 6 heteroatoms. The summed E-state index contributed by atoms with van der Waals surface area (Å²) in [6.07, 6.45) is 4.92. The molecule has 0 bridgehead atoms. The maximum absolute atomic E-state index is 13.4. The molecule has 0 saturated carbocycles. The molecule has 0 aromatic heterocycles. The van der Waals surface area contributed by atoms with Gasteiger partial charge in [-0.1, -0.05) is 18.2 Å². The van der Waals surface area contributed by atoms with Gasteiger partial charge in [-0.05, 0) is 6.07 Å². The Bertz CT molecular complexity index is 539. The van der Waals surface area contributed by atoms with E-state index in [1.807, 2.05) is 0 Å². The van der Waals surface area contributed by atoms with Crippen molar-refractivity contribution in [3.8, 4) is 12.3 Å². The average molecular weight is 278 g/mol. The number of aliphatic carboxylic acids is 1. The van der Waals surface area contributed by atoms with Crippen LogP contribution in [0.25, 0.3) is 0 Å². The van der Waals surface area contributed by atoms with Crippen molar-refractivity contribution in [2.45, 2.75) is 19.0 Å². The molecular weight excluding hydrogens is 263 g/mol. The van der Waals surface area contributed by atoms with Crippen LogP contribution in [0, 0.1) is 18.2 Å². The van der Waals surface area contributed by atoms with Crippen LogP contribution in [0.1, 0.15) is 12.0 Å². The van der Waals surface area contributed by atoms with Crippen molar-refractivity contribution in [1.82, 2.24) is 10.2 Å². The second-order valence-corrected chi connectivity index (χ2v) is 4.20. The van der Waals surface area contributed by atoms with E-state index in [-0.39, 0.29) is 13.0 Å². The standard InChI is InChI=1S/C14H15FN2O3/c1-3-6-12(13(18)19)16-14(20)17(2)9-10-7-4-5-8-11(10)15/h1,4-5,7-8,12H,6,9H2,2H3,(H,16,20)(H,18,19). The van der Waals surface area contributed by atoms with E-state index in [4.69, 9.17) is 11.5 Å². The van der Waals surface area contributed by atoms with E-state index in [0.29, 0.717) is 5.56 Å². The van der Waals surface area contributed by atoms with Gasteiger partial charge >= 0.3 is 12.0 Å². The lowest BCUT2D eigenvalue weighted by atomic mass is 10.2. The second-order valence-electron chi connectivity index (χ2n) is 4.20. The molecule has 106 valence electrons. The van der Waals surface area contributed by atoms with Crippen LogP contribution in [0.3, 0.4) is 0 Å². The molecule has 0 spiro atoms. The fourth-order valence-corrected chi connectivity index (χ4v) is 1.53. The number of nitrogens with zero attached hydrogens (tertiary/aromatic N) is 1. The second kappa shape index (κ2) is 7.14. The third kappa shape index (κ3) is 4.28. The summed E-state index contributed by atoms with van der Waals surface area (Å²) in [4.78, 5) is 23.9. The van der Waals surface area contributed by atoms with Gasteiger partial charge in [0, 0.05) is 25.6 Å². The molecule has 0 aliphatic rings. The van der Waals surface area contributed by atoms with Gasteiger partial charge < -0.3 is 15.3 Å². The largest absolute Gasteiger partial charge is 0.480 e. The maximum atomic E-state index is 13.4. The van der Waals surface area contributed by atoms with Gasteiger partial charge in [0.2, 0.25) is 0 Å². The van der Waals surface area contributed by atoms with E-state index in [1.54, 1.807) is 18.2 Å². The number of hydrogen-bond acceptors (Lipinski definition) is 2. The molecule has 0 radical (unpaired) electrons. The Balaban J connectivity index is 2.66. The molecule has 1 rings (SSSR count). The first-order valence-electron chi connectivity index (χ1n) is 5.87. The van der Waals surface area contributed by atoms with Crippen LogP contribution in [-0.2, 0) is 11.3 Å². The summed E-state index contributed by atoms with van der Waals surface area (Å²) >= 11 is 0. The third-order valence-electron chi connectivity index (χ3n) is 2.63. The molecule has 5 nitrogen and oxygen atoms in total. The van der Waals surface area contributed by atoms with Crippen molar-refractivity contribution in [1.29, 1.82) is 0 Å². The summed E-state index contributed by atoms with van der Waals surface area (Å²) in [6.45, 7) is 0.0287. The van der Waals surface area contributed by atoms with E-state index in [2.05, 4.69) is 11.2 Å². The first-order valence-corrected chi connectivity index (χ1v) is 5.87. The Hall–Kier alpha value is -2.55. The fraction of sp³-hybridized carbons (Fsp3) is 0.286. The number of carbonyl (C=O) groups excluding carboxylic acids is 1. The zero-order valence-electron chi connectivity index (χ0n) is 11.0. The lowest BCUT2D eigenvalue weighted by molar-refractivity contribution is -0.139. The van der Waals surface area contributed by atoms with Crippen LogP contribution in [0.5, 0.6) is 0 Å². The summed E-state index contributed by atoms with van der Waals surface area (Å²) in [6, 6.07) is 4.26. The van der Waals surface area contributed by atoms with Crippen molar-refractivity contribution in [3.05, 3.63) is 35.6 Å². The van der Waals surface area contributed by atoms with E-state index in [9.17, 15) is 14.0 Å². The number of hydrogen-bond donors (Lipinski definition) is 2. The molecule has 2 N–H and O–H groups in total. The van der Waals surface area contributed by atoms with Crippen molar-refractivity contribution >= 4 is 12.0 Å². The van der Waals surface area contributed by atoms with Crippen LogP contribution >= 0.6 is 0 Å². The van der Waals surface area contributed by atoms with E-state index >= 15 is 0 Å². The molecule has 1 aromatic rings. The van der Waals surface area contributed by atoms with Gasteiger partial charge in [-0.3, -0.25) is 0 Å². The summed E-state index contributed by atoms with van der Waals surface area (Å²) in [5, 5.41) is 11.2. The fourth-order valence-electron chi connectivity index (χ4n) is 1.53. The number of rotatable bonds is 5. The molecule has 1 aromatic carbocycles. The van der Waals surface area contributed by atoms with Crippen LogP contribution < -0.4 is 5.32 Å². The number of terminal acetylenes is 1. The number of benzene rings is 1. The van der Waals surface area contributed by atoms with E-state index in [1.165, 1.54) is 18.0 Å². The maximum Gasteiger partial charge on any atom is 0.327 e. The quantitative estimate of drug-likeness (QED) is 0.801. The normalized spacial score (nSPS) is 11.2. The first-order chi connectivity index (χ1) is 9.45. The van der Waals surface area contributed by atoms with Crippen LogP contribution in [0.4, 0.5) is 9.18 Å². The van der Waals surface area contributed by atoms with Crippen LogP contribution in [0.2, 0.25) is 0 Å². The SMILES string of the molecule is C#CCC(NC(=O)N(C)Cc1ccccc1F)C(=O)O. The Morgan fingerprint density at radius 2 is 2.15 bits per heavy atom. The van der Waals surface area contributed by atoms with Gasteiger partial charge in [-0.2, -0.15) is 0 Å². The molecule has 1 unspecified atom stereocenters. The van der Waals surface area contributed by atoms with Gasteiger partial charge in [-0.25, -0.2) is 14.0 Å². The monoisotopic (exact) mass is 278 g/mol. The molecule has 2 amide bonds. The molecule has 0 aliphatic heterocycles. The highest BCUT2D eigenvalue weighted by Gasteiger charge is 2.21. The number of halogens is 1. The Kier molecular flexibility index (Phi) is 5.54. The molecular formula is C14H15FN2O3. The molecule has 0 aliphatic carbocycles. The zero-order chi connectivity index (χ0) is 15.1. The zero-order valence-corrected chi connectivity index (χ0v) is 11.0. The summed E-state index contributed by atoms with van der Waals surface area (Å²) in [5.74, 6) is 0.540. The van der Waals surface area contributed by atoms with Gasteiger partial charge in [0.25, 0.3) is 0 Å². The number of urea groups is 1. The predicted octanol–water partition coefficient (Wildman–Crippen LogP) is 1.44. The molecule has 20 heavy (non-hydrogen) atoms. The minimum atomic E-state index is -1.21. The first kappa shape index (κ1) is 15.5. The smallest absolute Gasteiger partial charge is 0.327 e. The summed E-state index contributed by atoms with van der Waals surface area (Å²) in [7, 11) is 1.44. The molecule has 1 atom stereocenters. The van der Waals surface area contributed by atoms with Crippen LogP contribution in [-0.4, -0.2) is 35.1 Å². The van der Waals surface area contributed by atoms with E-state index in [0.717, 1.165) is 0 Å². The predicted molar refractivity (Wildman–Crippen MR) is 71.3 cm³/mol. The highest BCUT2D eigenvalue weighted by molar-refractivity contribution is 5.82. The Morgan fingerprint density at radius 1 is 1.50 bits per heavy atom. The number of carboxylic acid groups (broad SMARTS) is 1. The lowest BCUT2D eigenvalue weighted by Crippen LogP contribution is -2.46. The average Bonchev–Trinajstić information content (AvgIpc) is 2.40. The van der Waals surface area contributed by atoms with Crippen LogP contribution in [0.15, 0.2) is 24.3 Å². The highest BCUT2D eigenvalue weighted by Crippen LogP contribution is 2.09. The summed E-state index contributed by atoms with van der Waals surface area (Å²) < 4.78 is 13.4. The molecule has 0 fully saturated rings. The summed E-state index contributed by atoms with van der Waals surface area (Å²) in [5.41, 5.74) is 0.342. The number of carboxylic acids is 1. The van der Waals surface area contributed by atoms with Gasteiger partial charge in [0.05, 0.1) is 0 Å². The highest BCUT2D eigenvalue weighted by atomic mass is 19.1. The van der Waals surface area contributed by atoms with Gasteiger partial charge in [0.15, 0.2) is 0 Å². The third-order valence-corrected chi connectivity index (χ3v) is 2.63. The van der Waals surface area contributed by atoms with Gasteiger partial charge in [-0.15, -0.1) is 12.3 Å². The van der Waals surface area contributed by atoms with Crippen molar-refractivity contribution in [3.63, 3.8) is 0 Å². The minimum absolute atomic E-state index is 0.0287. The topological polar surface area (TPSA) is 69.6 Å².